The number of β-amino-alcohol motifs (C(OH)–C–C–N with tert-alkyl or cyclic N) is 1. The van der Waals surface area contributed by atoms with Gasteiger partial charge in [0.1, 0.15) is 18.4 Å². The molecule has 2 heterocycles. The molecule has 2 aromatic rings. The number of fused-ring (bicyclic) bond motifs is 1. The van der Waals surface area contributed by atoms with Crippen molar-refractivity contribution in [2.24, 2.45) is 5.92 Å². The van der Waals surface area contributed by atoms with Crippen LogP contribution in [-0.2, 0) is 9.53 Å². The minimum atomic E-state index is -0.215. The van der Waals surface area contributed by atoms with Crippen LogP contribution in [0.4, 0.5) is 0 Å². The fourth-order valence-electron chi connectivity index (χ4n) is 6.40. The number of allylic oxidation sites excluding steroid dienone is 2. The first-order valence-electron chi connectivity index (χ1n) is 14.9. The standard InChI is InChI=1S/C32H43N3O4/c1-22(2)39-31(37)8-3-5-23-9-11-24(12-10-23)32-29(20-33)28-14-13-27(19-30(28)35(32)25-6-4-7-25)38-18-17-34-16-15-26(36)21-34/h9,11,13-14,19,22-26,36H,3-8,10,12,15-18,21H2,1-2H3. The minimum Gasteiger partial charge on any atom is -0.492 e. The molecule has 3 aliphatic rings. The molecule has 5 rings (SSSR count). The number of aliphatic hydroxyl groups is 1. The number of hydrogen-bond acceptors (Lipinski definition) is 6. The highest BCUT2D eigenvalue weighted by molar-refractivity contribution is 5.90. The monoisotopic (exact) mass is 533 g/mol. The Kier molecular flexibility index (Phi) is 8.94. The predicted molar refractivity (Wildman–Crippen MR) is 152 cm³/mol. The Bertz CT molecular complexity index is 1220. The summed E-state index contributed by atoms with van der Waals surface area (Å²) in [7, 11) is 0. The molecule has 0 spiro atoms. The van der Waals surface area contributed by atoms with Gasteiger partial charge in [-0.1, -0.05) is 12.2 Å². The molecule has 0 bridgehead atoms. The largest absolute Gasteiger partial charge is 0.492 e. The Morgan fingerprint density at radius 2 is 2.03 bits per heavy atom. The van der Waals surface area contributed by atoms with E-state index in [-0.39, 0.29) is 24.1 Å². The number of ether oxygens (including phenoxy) is 2. The molecule has 2 fully saturated rings. The molecule has 3 atom stereocenters. The Labute approximate surface area is 232 Å². The van der Waals surface area contributed by atoms with E-state index in [1.807, 2.05) is 19.9 Å². The third-order valence-corrected chi connectivity index (χ3v) is 8.63. The van der Waals surface area contributed by atoms with Crippen molar-refractivity contribution in [3.63, 3.8) is 0 Å². The highest BCUT2D eigenvalue weighted by atomic mass is 16.5. The number of esters is 1. The van der Waals surface area contributed by atoms with Gasteiger partial charge in [-0.3, -0.25) is 9.69 Å². The molecule has 1 saturated carbocycles. The van der Waals surface area contributed by atoms with Crippen LogP contribution in [0, 0.1) is 17.2 Å². The summed E-state index contributed by atoms with van der Waals surface area (Å²) in [6.45, 7) is 6.81. The van der Waals surface area contributed by atoms with Crippen LogP contribution in [0.5, 0.6) is 5.75 Å². The molecule has 1 aliphatic heterocycles. The second kappa shape index (κ2) is 12.6. The molecule has 0 amide bonds. The number of aromatic nitrogens is 1. The summed E-state index contributed by atoms with van der Waals surface area (Å²) in [4.78, 5) is 14.1. The van der Waals surface area contributed by atoms with Gasteiger partial charge in [0, 0.05) is 55.2 Å². The van der Waals surface area contributed by atoms with E-state index in [1.165, 1.54) is 6.42 Å². The number of likely N-dealkylation sites (tertiary alicyclic amines) is 1. The van der Waals surface area contributed by atoms with Crippen molar-refractivity contribution in [3.8, 4) is 11.8 Å². The van der Waals surface area contributed by atoms with E-state index >= 15 is 0 Å². The first kappa shape index (κ1) is 27.7. The van der Waals surface area contributed by atoms with Gasteiger partial charge in [0.05, 0.1) is 23.3 Å². The van der Waals surface area contributed by atoms with Crippen molar-refractivity contribution >= 4 is 16.9 Å². The molecule has 1 N–H and O–H groups in total. The maximum Gasteiger partial charge on any atom is 0.306 e. The Morgan fingerprint density at radius 1 is 1.18 bits per heavy atom. The zero-order chi connectivity index (χ0) is 27.4. The van der Waals surface area contributed by atoms with Gasteiger partial charge >= 0.3 is 5.97 Å². The lowest BCUT2D eigenvalue weighted by Crippen LogP contribution is -2.27. The van der Waals surface area contributed by atoms with Crippen molar-refractivity contribution in [3.05, 3.63) is 41.6 Å². The lowest BCUT2D eigenvalue weighted by Gasteiger charge is -2.33. The predicted octanol–water partition coefficient (Wildman–Crippen LogP) is 5.86. The number of carbonyl (C=O) groups is 1. The molecule has 1 aromatic carbocycles. The summed E-state index contributed by atoms with van der Waals surface area (Å²) in [5, 5.41) is 21.1. The van der Waals surface area contributed by atoms with Crippen LogP contribution in [-0.4, -0.2) is 59.0 Å². The molecule has 0 radical (unpaired) electrons. The number of hydrogen-bond donors (Lipinski definition) is 1. The summed E-state index contributed by atoms with van der Waals surface area (Å²) in [5.74, 6) is 1.42. The lowest BCUT2D eigenvalue weighted by atomic mass is 9.82. The second-order valence-corrected chi connectivity index (χ2v) is 11.9. The van der Waals surface area contributed by atoms with Gasteiger partial charge in [-0.05, 0) is 83.3 Å². The molecule has 1 saturated heterocycles. The summed E-state index contributed by atoms with van der Waals surface area (Å²) in [5.41, 5.74) is 3.08. The van der Waals surface area contributed by atoms with E-state index in [4.69, 9.17) is 9.47 Å². The third kappa shape index (κ3) is 6.50. The maximum absolute atomic E-state index is 11.9. The average molecular weight is 534 g/mol. The number of nitriles is 1. The number of aliphatic hydroxyl groups excluding tert-OH is 1. The van der Waals surface area contributed by atoms with E-state index in [0.29, 0.717) is 25.0 Å². The average Bonchev–Trinajstić information content (AvgIpc) is 3.43. The van der Waals surface area contributed by atoms with Gasteiger partial charge < -0.3 is 19.1 Å². The van der Waals surface area contributed by atoms with E-state index in [9.17, 15) is 15.2 Å². The highest BCUT2D eigenvalue weighted by Crippen LogP contribution is 2.44. The number of rotatable bonds is 11. The summed E-state index contributed by atoms with van der Waals surface area (Å²) in [6, 6.07) is 9.18. The molecule has 7 nitrogen and oxygen atoms in total. The fourth-order valence-corrected chi connectivity index (χ4v) is 6.40. The normalized spacial score (nSPS) is 23.7. The van der Waals surface area contributed by atoms with Gasteiger partial charge in [0.2, 0.25) is 0 Å². The third-order valence-electron chi connectivity index (χ3n) is 8.63. The smallest absolute Gasteiger partial charge is 0.306 e. The summed E-state index contributed by atoms with van der Waals surface area (Å²) in [6.07, 6.45) is 13.1. The molecule has 1 aromatic heterocycles. The van der Waals surface area contributed by atoms with Gasteiger partial charge in [0.25, 0.3) is 0 Å². The molecule has 3 unspecified atom stereocenters. The van der Waals surface area contributed by atoms with Crippen molar-refractivity contribution in [1.29, 1.82) is 5.26 Å². The van der Waals surface area contributed by atoms with E-state index in [2.05, 4.69) is 39.8 Å². The summed E-state index contributed by atoms with van der Waals surface area (Å²) < 4.78 is 13.9. The lowest BCUT2D eigenvalue weighted by molar-refractivity contribution is -0.147. The van der Waals surface area contributed by atoms with Crippen LogP contribution in [0.3, 0.4) is 0 Å². The van der Waals surface area contributed by atoms with Gasteiger partial charge in [0.15, 0.2) is 0 Å². The molecule has 2 aliphatic carbocycles. The number of benzene rings is 1. The van der Waals surface area contributed by atoms with Crippen LogP contribution < -0.4 is 4.74 Å². The summed E-state index contributed by atoms with van der Waals surface area (Å²) >= 11 is 0. The van der Waals surface area contributed by atoms with Crippen molar-refractivity contribution < 1.29 is 19.4 Å². The fraction of sp³-hybridized carbons (Fsp3) is 0.625. The molecular weight excluding hydrogens is 490 g/mol. The molecule has 7 heteroatoms. The second-order valence-electron chi connectivity index (χ2n) is 11.9. The van der Waals surface area contributed by atoms with Crippen LogP contribution in [0.15, 0.2) is 30.4 Å². The molecular formula is C32H43N3O4. The Morgan fingerprint density at radius 3 is 2.67 bits per heavy atom. The maximum atomic E-state index is 11.9. The van der Waals surface area contributed by atoms with Gasteiger partial charge in [-0.2, -0.15) is 5.26 Å². The van der Waals surface area contributed by atoms with Gasteiger partial charge in [-0.25, -0.2) is 0 Å². The quantitative estimate of drug-likeness (QED) is 0.288. The SMILES string of the molecule is CC(C)OC(=O)CCCC1C=CC(c2c(C#N)c3ccc(OCCN4CCC(O)C4)cc3n2C2CCC2)CC1. The van der Waals surface area contributed by atoms with E-state index in [1.54, 1.807) is 0 Å². The Hall–Kier alpha value is -2.82. The van der Waals surface area contributed by atoms with Crippen molar-refractivity contribution in [2.75, 3.05) is 26.2 Å². The van der Waals surface area contributed by atoms with Gasteiger partial charge in [-0.15, -0.1) is 0 Å². The first-order chi connectivity index (χ1) is 18.9. The first-order valence-corrected chi connectivity index (χ1v) is 14.9. The van der Waals surface area contributed by atoms with Crippen LogP contribution in [0.1, 0.15) is 94.9 Å². The molecule has 39 heavy (non-hydrogen) atoms. The van der Waals surface area contributed by atoms with E-state index in [0.717, 1.165) is 92.5 Å². The minimum absolute atomic E-state index is 0.0582. The zero-order valence-corrected chi connectivity index (χ0v) is 23.5. The topological polar surface area (TPSA) is 87.7 Å². The highest BCUT2D eigenvalue weighted by Gasteiger charge is 2.31. The zero-order valence-electron chi connectivity index (χ0n) is 23.5. The Balaban J connectivity index is 1.30. The van der Waals surface area contributed by atoms with E-state index < -0.39 is 0 Å². The van der Waals surface area contributed by atoms with Crippen LogP contribution >= 0.6 is 0 Å². The molecule has 210 valence electrons. The number of carbonyl (C=O) groups excluding carboxylic acids is 1. The number of nitrogens with zero attached hydrogens (tertiary/aromatic N) is 3. The van der Waals surface area contributed by atoms with Crippen LogP contribution in [0.2, 0.25) is 0 Å². The van der Waals surface area contributed by atoms with Crippen LogP contribution in [0.25, 0.3) is 10.9 Å². The van der Waals surface area contributed by atoms with Crippen molar-refractivity contribution in [1.82, 2.24) is 9.47 Å². The van der Waals surface area contributed by atoms with Crippen molar-refractivity contribution in [2.45, 2.75) is 95.8 Å².